The molecule has 88 valence electrons. The van der Waals surface area contributed by atoms with Gasteiger partial charge in [0.1, 0.15) is 0 Å². The van der Waals surface area contributed by atoms with Gasteiger partial charge < -0.3 is 5.73 Å². The van der Waals surface area contributed by atoms with Gasteiger partial charge in [-0.25, -0.2) is 0 Å². The van der Waals surface area contributed by atoms with Crippen LogP contribution in [0.4, 0.5) is 0 Å². The van der Waals surface area contributed by atoms with Gasteiger partial charge in [-0.2, -0.15) is 0 Å². The second kappa shape index (κ2) is 4.54. The van der Waals surface area contributed by atoms with Crippen LogP contribution in [0.2, 0.25) is 0 Å². The van der Waals surface area contributed by atoms with Crippen LogP contribution < -0.4 is 5.73 Å². The number of carbonyl (C=O) groups is 1. The van der Waals surface area contributed by atoms with Crippen LogP contribution in [0, 0.1) is 23.2 Å². The number of hydrogen-bond donors (Lipinski definition) is 1. The maximum Gasteiger partial charge on any atom is 0.223 e. The molecular weight excluding hydrogens is 186 g/mol. The van der Waals surface area contributed by atoms with Crippen molar-refractivity contribution in [2.24, 2.45) is 28.9 Å². The minimum absolute atomic E-state index is 0.0738. The van der Waals surface area contributed by atoms with Gasteiger partial charge in [-0.3, -0.25) is 4.79 Å². The first-order valence-corrected chi connectivity index (χ1v) is 6.24. The molecule has 0 radical (unpaired) electrons. The zero-order valence-electron chi connectivity index (χ0n) is 10.5. The van der Waals surface area contributed by atoms with Crippen molar-refractivity contribution >= 4 is 5.91 Å². The summed E-state index contributed by atoms with van der Waals surface area (Å²) in [5.74, 6) is 1.61. The van der Waals surface area contributed by atoms with E-state index >= 15 is 0 Å². The molecule has 2 nitrogen and oxygen atoms in total. The molecule has 0 saturated heterocycles. The van der Waals surface area contributed by atoms with Crippen molar-refractivity contribution in [1.82, 2.24) is 0 Å². The summed E-state index contributed by atoms with van der Waals surface area (Å²) in [4.78, 5) is 11.8. The highest BCUT2D eigenvalue weighted by molar-refractivity contribution is 5.81. The highest BCUT2D eigenvalue weighted by atomic mass is 16.1. The van der Waals surface area contributed by atoms with Crippen LogP contribution in [0.3, 0.4) is 0 Å². The largest absolute Gasteiger partial charge is 0.369 e. The van der Waals surface area contributed by atoms with Crippen molar-refractivity contribution in [1.29, 1.82) is 0 Å². The van der Waals surface area contributed by atoms with Crippen molar-refractivity contribution in [3.63, 3.8) is 0 Å². The minimum atomic E-state index is -0.230. The molecule has 1 fully saturated rings. The summed E-state index contributed by atoms with van der Waals surface area (Å²) in [7, 11) is 0. The Morgan fingerprint density at radius 1 is 1.47 bits per heavy atom. The molecule has 2 heteroatoms. The molecule has 2 N–H and O–H groups in total. The molecule has 1 rings (SSSR count). The molecule has 0 bridgehead atoms. The Bertz CT molecular complexity index is 237. The lowest BCUT2D eigenvalue weighted by molar-refractivity contribution is -0.136. The van der Waals surface area contributed by atoms with E-state index in [4.69, 9.17) is 5.73 Å². The fourth-order valence-corrected chi connectivity index (χ4v) is 3.45. The third kappa shape index (κ3) is 2.19. The lowest BCUT2D eigenvalue weighted by Crippen LogP contribution is -2.48. The summed E-state index contributed by atoms with van der Waals surface area (Å²) in [5, 5.41) is 0. The predicted molar refractivity (Wildman–Crippen MR) is 63.3 cm³/mol. The molecule has 0 aliphatic heterocycles. The zero-order chi connectivity index (χ0) is 11.6. The van der Waals surface area contributed by atoms with Crippen LogP contribution >= 0.6 is 0 Å². The van der Waals surface area contributed by atoms with Crippen molar-refractivity contribution in [2.75, 3.05) is 0 Å². The van der Waals surface area contributed by atoms with Crippen molar-refractivity contribution < 1.29 is 4.79 Å². The summed E-state index contributed by atoms with van der Waals surface area (Å²) in [5.41, 5.74) is 5.43. The molecule has 0 heterocycles. The van der Waals surface area contributed by atoms with Gasteiger partial charge in [-0.05, 0) is 37.0 Å². The van der Waals surface area contributed by atoms with E-state index < -0.39 is 0 Å². The Labute approximate surface area is 93.6 Å². The smallest absolute Gasteiger partial charge is 0.223 e. The third-order valence-corrected chi connectivity index (χ3v) is 4.32. The van der Waals surface area contributed by atoms with Crippen LogP contribution in [0.25, 0.3) is 0 Å². The van der Waals surface area contributed by atoms with Crippen molar-refractivity contribution in [3.8, 4) is 0 Å². The first kappa shape index (κ1) is 12.5. The molecule has 1 aliphatic carbocycles. The lowest BCUT2D eigenvalue weighted by Gasteiger charge is -2.45. The van der Waals surface area contributed by atoms with Gasteiger partial charge in [-0.15, -0.1) is 0 Å². The van der Waals surface area contributed by atoms with E-state index in [1.807, 2.05) is 0 Å². The number of carbonyl (C=O) groups excluding carboxylic acids is 1. The van der Waals surface area contributed by atoms with Gasteiger partial charge in [0.05, 0.1) is 5.41 Å². The molecule has 1 aliphatic rings. The second-order valence-corrected chi connectivity index (χ2v) is 5.61. The number of primary amides is 1. The molecule has 1 amide bonds. The lowest BCUT2D eigenvalue weighted by atomic mass is 9.58. The highest BCUT2D eigenvalue weighted by Gasteiger charge is 2.47. The molecule has 0 aromatic carbocycles. The van der Waals surface area contributed by atoms with Crippen molar-refractivity contribution in [3.05, 3.63) is 0 Å². The summed E-state index contributed by atoms with van der Waals surface area (Å²) >= 11 is 0. The number of rotatable bonds is 3. The molecular formula is C13H25NO. The maximum absolute atomic E-state index is 11.8. The average Bonchev–Trinajstić information content (AvgIpc) is 2.16. The van der Waals surface area contributed by atoms with Crippen LogP contribution in [-0.2, 0) is 4.79 Å². The van der Waals surface area contributed by atoms with Gasteiger partial charge in [0, 0.05) is 0 Å². The van der Waals surface area contributed by atoms with E-state index in [9.17, 15) is 4.79 Å². The summed E-state index contributed by atoms with van der Waals surface area (Å²) in [6.07, 6.45) is 4.30. The van der Waals surface area contributed by atoms with E-state index in [-0.39, 0.29) is 11.3 Å². The van der Waals surface area contributed by atoms with E-state index in [1.54, 1.807) is 0 Å². The highest BCUT2D eigenvalue weighted by Crippen LogP contribution is 2.49. The van der Waals surface area contributed by atoms with Crippen LogP contribution in [0.5, 0.6) is 0 Å². The normalized spacial score (nSPS) is 36.9. The second-order valence-electron chi connectivity index (χ2n) is 5.61. The van der Waals surface area contributed by atoms with Gasteiger partial charge in [-0.1, -0.05) is 34.1 Å². The van der Waals surface area contributed by atoms with Crippen LogP contribution in [-0.4, -0.2) is 5.91 Å². The first-order valence-electron chi connectivity index (χ1n) is 6.24. The summed E-state index contributed by atoms with van der Waals surface area (Å²) in [6, 6.07) is 0. The molecule has 1 saturated carbocycles. The van der Waals surface area contributed by atoms with Gasteiger partial charge >= 0.3 is 0 Å². The monoisotopic (exact) mass is 211 g/mol. The molecule has 0 spiro atoms. The molecule has 0 aromatic rings. The molecule has 0 aromatic heterocycles. The Kier molecular flexibility index (Phi) is 3.80. The summed E-state index contributed by atoms with van der Waals surface area (Å²) in [6.45, 7) is 8.78. The standard InChI is InChI=1S/C13H25NO/c1-5-13(12(14)15)8-10(4)6-7-11(13)9(2)3/h9-11H,5-8H2,1-4H3,(H2,14,15). The first-order chi connectivity index (χ1) is 6.94. The number of hydrogen-bond acceptors (Lipinski definition) is 1. The topological polar surface area (TPSA) is 43.1 Å². The SMILES string of the molecule is CCC1(C(N)=O)CC(C)CCC1C(C)C. The Hall–Kier alpha value is -0.530. The van der Waals surface area contributed by atoms with E-state index in [2.05, 4.69) is 27.7 Å². The Balaban J connectivity index is 2.99. The van der Waals surface area contributed by atoms with Gasteiger partial charge in [0.2, 0.25) is 5.91 Å². The van der Waals surface area contributed by atoms with Gasteiger partial charge in [0.15, 0.2) is 0 Å². The Morgan fingerprint density at radius 3 is 2.47 bits per heavy atom. The van der Waals surface area contributed by atoms with E-state index in [0.717, 1.165) is 19.3 Å². The predicted octanol–water partition coefficient (Wildman–Crippen LogP) is 2.96. The minimum Gasteiger partial charge on any atom is -0.369 e. The van der Waals surface area contributed by atoms with Crippen LogP contribution in [0.15, 0.2) is 0 Å². The molecule has 3 unspecified atom stereocenters. The van der Waals surface area contributed by atoms with Crippen molar-refractivity contribution in [2.45, 2.75) is 53.4 Å². The van der Waals surface area contributed by atoms with Gasteiger partial charge in [0.25, 0.3) is 0 Å². The third-order valence-electron chi connectivity index (χ3n) is 4.32. The van der Waals surface area contributed by atoms with E-state index in [0.29, 0.717) is 17.8 Å². The van der Waals surface area contributed by atoms with Crippen LogP contribution in [0.1, 0.15) is 53.4 Å². The quantitative estimate of drug-likeness (QED) is 0.766. The fourth-order valence-electron chi connectivity index (χ4n) is 3.45. The zero-order valence-corrected chi connectivity index (χ0v) is 10.5. The summed E-state index contributed by atoms with van der Waals surface area (Å²) < 4.78 is 0. The fraction of sp³-hybridized carbons (Fsp3) is 0.923. The maximum atomic E-state index is 11.8. The Morgan fingerprint density at radius 2 is 2.07 bits per heavy atom. The molecule has 15 heavy (non-hydrogen) atoms. The van der Waals surface area contributed by atoms with E-state index in [1.165, 1.54) is 6.42 Å². The number of nitrogens with two attached hydrogens (primary N) is 1. The number of amides is 1. The molecule has 3 atom stereocenters. The average molecular weight is 211 g/mol.